The monoisotopic (exact) mass is 413 g/mol. The van der Waals surface area contributed by atoms with Crippen molar-refractivity contribution in [2.75, 3.05) is 26.2 Å². The van der Waals surface area contributed by atoms with Gasteiger partial charge in [0.1, 0.15) is 0 Å². The fourth-order valence-corrected chi connectivity index (χ4v) is 4.74. The molecule has 5 rings (SSSR count). The van der Waals surface area contributed by atoms with Crippen LogP contribution in [0, 0.1) is 0 Å². The number of pyridine rings is 1. The highest BCUT2D eigenvalue weighted by Gasteiger charge is 2.20. The van der Waals surface area contributed by atoms with E-state index in [-0.39, 0.29) is 11.5 Å². The van der Waals surface area contributed by atoms with Crippen LogP contribution >= 0.6 is 0 Å². The lowest BCUT2D eigenvalue weighted by atomic mass is 10.00. The van der Waals surface area contributed by atoms with Gasteiger partial charge in [0, 0.05) is 50.9 Å². The predicted octanol–water partition coefficient (Wildman–Crippen LogP) is 3.31. The molecule has 0 N–H and O–H groups in total. The van der Waals surface area contributed by atoms with Crippen molar-refractivity contribution < 1.29 is 4.79 Å². The predicted molar refractivity (Wildman–Crippen MR) is 124 cm³/mol. The van der Waals surface area contributed by atoms with E-state index in [4.69, 9.17) is 0 Å². The summed E-state index contributed by atoms with van der Waals surface area (Å²) in [6.45, 7) is 4.80. The molecule has 0 aliphatic carbocycles. The van der Waals surface area contributed by atoms with E-state index < -0.39 is 0 Å². The number of piperazine rings is 1. The highest BCUT2D eigenvalue weighted by molar-refractivity contribution is 5.93. The number of carbonyl (C=O) groups is 1. The van der Waals surface area contributed by atoms with E-state index in [1.807, 2.05) is 33.7 Å². The Labute approximate surface area is 182 Å². The van der Waals surface area contributed by atoms with Crippen LogP contribution in [0.3, 0.4) is 0 Å². The number of amides is 1. The molecule has 0 radical (unpaired) electrons. The third-order valence-corrected chi connectivity index (χ3v) is 6.39. The number of aromatic nitrogens is 1. The molecule has 5 heteroatoms. The van der Waals surface area contributed by atoms with E-state index in [1.54, 1.807) is 12.2 Å². The Bertz CT molecular complexity index is 1190. The van der Waals surface area contributed by atoms with Crippen LogP contribution in [0.1, 0.15) is 23.1 Å². The van der Waals surface area contributed by atoms with Crippen molar-refractivity contribution in [3.63, 3.8) is 0 Å². The molecule has 2 aromatic carbocycles. The molecule has 3 aromatic rings. The first kappa shape index (κ1) is 19.8. The Morgan fingerprint density at radius 3 is 2.55 bits per heavy atom. The molecule has 0 atom stereocenters. The van der Waals surface area contributed by atoms with Gasteiger partial charge in [0.2, 0.25) is 5.91 Å². The summed E-state index contributed by atoms with van der Waals surface area (Å²) in [6, 6.07) is 18.5. The van der Waals surface area contributed by atoms with E-state index in [0.29, 0.717) is 18.7 Å². The number of aryl methyl sites for hydroxylation is 2. The van der Waals surface area contributed by atoms with Crippen LogP contribution in [0.25, 0.3) is 17.0 Å². The maximum absolute atomic E-state index is 13.0. The van der Waals surface area contributed by atoms with Crippen molar-refractivity contribution in [1.82, 2.24) is 14.4 Å². The Kier molecular flexibility index (Phi) is 5.43. The molecule has 1 fully saturated rings. The summed E-state index contributed by atoms with van der Waals surface area (Å²) in [5.41, 5.74) is 4.17. The molecule has 1 saturated heterocycles. The van der Waals surface area contributed by atoms with E-state index >= 15 is 0 Å². The van der Waals surface area contributed by atoms with Crippen molar-refractivity contribution in [3.8, 4) is 0 Å². The van der Waals surface area contributed by atoms with Gasteiger partial charge in [0.25, 0.3) is 5.56 Å². The maximum Gasteiger partial charge on any atom is 0.258 e. The first-order chi connectivity index (χ1) is 15.2. The second kappa shape index (κ2) is 8.52. The number of rotatable bonds is 4. The third kappa shape index (κ3) is 4.06. The van der Waals surface area contributed by atoms with Crippen LogP contribution in [-0.4, -0.2) is 46.5 Å². The first-order valence-corrected chi connectivity index (χ1v) is 11.1. The van der Waals surface area contributed by atoms with Gasteiger partial charge in [-0.25, -0.2) is 0 Å². The topological polar surface area (TPSA) is 45.6 Å². The van der Waals surface area contributed by atoms with Gasteiger partial charge in [-0.3, -0.25) is 14.5 Å². The molecule has 1 amide bonds. The average Bonchev–Trinajstić information content (AvgIpc) is 2.81. The highest BCUT2D eigenvalue weighted by Crippen LogP contribution is 2.24. The zero-order chi connectivity index (χ0) is 21.2. The van der Waals surface area contributed by atoms with Crippen LogP contribution in [0.2, 0.25) is 0 Å². The molecule has 3 heterocycles. The molecule has 0 unspecified atom stereocenters. The van der Waals surface area contributed by atoms with E-state index in [2.05, 4.69) is 35.2 Å². The lowest BCUT2D eigenvalue weighted by molar-refractivity contribution is -0.127. The SMILES string of the molecule is O=C(/C=C/c1cc2cccc3c2n(c1=O)CCC3)N1CCN(Cc2ccccc2)CC1. The smallest absolute Gasteiger partial charge is 0.258 e. The van der Waals surface area contributed by atoms with Gasteiger partial charge in [-0.05, 0) is 41.5 Å². The second-order valence-corrected chi connectivity index (χ2v) is 8.44. The molecule has 2 aliphatic rings. The summed E-state index contributed by atoms with van der Waals surface area (Å²) in [5, 5.41) is 1.07. The van der Waals surface area contributed by atoms with Crippen LogP contribution < -0.4 is 5.56 Å². The summed E-state index contributed by atoms with van der Waals surface area (Å²) in [5.74, 6) is -0.0220. The van der Waals surface area contributed by atoms with Gasteiger partial charge in [0.05, 0.1) is 5.52 Å². The molecular formula is C26H27N3O2. The number of carbonyl (C=O) groups excluding carboxylic acids is 1. The number of hydrogen-bond acceptors (Lipinski definition) is 3. The third-order valence-electron chi connectivity index (χ3n) is 6.39. The Morgan fingerprint density at radius 1 is 0.935 bits per heavy atom. The lowest BCUT2D eigenvalue weighted by Gasteiger charge is -2.34. The highest BCUT2D eigenvalue weighted by atomic mass is 16.2. The average molecular weight is 414 g/mol. The quantitative estimate of drug-likeness (QED) is 0.617. The van der Waals surface area contributed by atoms with Crippen molar-refractivity contribution in [3.05, 3.63) is 87.7 Å². The van der Waals surface area contributed by atoms with E-state index in [9.17, 15) is 9.59 Å². The molecule has 1 aromatic heterocycles. The lowest BCUT2D eigenvalue weighted by Crippen LogP contribution is -2.47. The van der Waals surface area contributed by atoms with Gasteiger partial charge < -0.3 is 9.47 Å². The summed E-state index contributed by atoms with van der Waals surface area (Å²) in [7, 11) is 0. The zero-order valence-corrected chi connectivity index (χ0v) is 17.7. The van der Waals surface area contributed by atoms with Crippen molar-refractivity contribution in [2.24, 2.45) is 0 Å². The molecule has 0 saturated carbocycles. The standard InChI is InChI=1S/C26H27N3O2/c30-24(28-16-14-27(15-17-28)19-20-6-2-1-3-7-20)12-11-23-18-22-9-4-8-21-10-5-13-29(25(21)22)26(23)31/h1-4,6-9,11-12,18H,5,10,13-17,19H2/b12-11+. The fraction of sp³-hybridized carbons (Fsp3) is 0.308. The number of nitrogens with zero attached hydrogens (tertiary/aromatic N) is 3. The number of para-hydroxylation sites is 1. The Hall–Kier alpha value is -3.18. The minimum absolute atomic E-state index is 0.00335. The van der Waals surface area contributed by atoms with Crippen LogP contribution in [0.4, 0.5) is 0 Å². The Balaban J connectivity index is 1.27. The Morgan fingerprint density at radius 2 is 1.74 bits per heavy atom. The molecule has 0 bridgehead atoms. The summed E-state index contributed by atoms with van der Waals surface area (Å²) < 4.78 is 1.88. The zero-order valence-electron chi connectivity index (χ0n) is 17.7. The number of benzene rings is 2. The minimum atomic E-state index is -0.0220. The van der Waals surface area contributed by atoms with Crippen molar-refractivity contribution >= 4 is 22.9 Å². The van der Waals surface area contributed by atoms with Gasteiger partial charge in [0.15, 0.2) is 0 Å². The molecule has 0 spiro atoms. The van der Waals surface area contributed by atoms with E-state index in [1.165, 1.54) is 11.1 Å². The molecule has 5 nitrogen and oxygen atoms in total. The summed E-state index contributed by atoms with van der Waals surface area (Å²) >= 11 is 0. The van der Waals surface area contributed by atoms with Crippen molar-refractivity contribution in [2.45, 2.75) is 25.9 Å². The largest absolute Gasteiger partial charge is 0.337 e. The van der Waals surface area contributed by atoms with E-state index in [0.717, 1.165) is 49.9 Å². The minimum Gasteiger partial charge on any atom is -0.337 e. The molecular weight excluding hydrogens is 386 g/mol. The second-order valence-electron chi connectivity index (χ2n) is 8.44. The van der Waals surface area contributed by atoms with Gasteiger partial charge in [-0.15, -0.1) is 0 Å². The normalized spacial score (nSPS) is 16.8. The van der Waals surface area contributed by atoms with Crippen molar-refractivity contribution in [1.29, 1.82) is 0 Å². The van der Waals surface area contributed by atoms with Crippen LogP contribution in [0.15, 0.2) is 65.5 Å². The van der Waals surface area contributed by atoms with Crippen LogP contribution in [-0.2, 0) is 24.3 Å². The van der Waals surface area contributed by atoms with Gasteiger partial charge >= 0.3 is 0 Å². The van der Waals surface area contributed by atoms with Gasteiger partial charge in [-0.1, -0.05) is 48.5 Å². The molecule has 31 heavy (non-hydrogen) atoms. The fourth-order valence-electron chi connectivity index (χ4n) is 4.74. The summed E-state index contributed by atoms with van der Waals surface area (Å²) in [4.78, 5) is 30.0. The van der Waals surface area contributed by atoms with Crippen LogP contribution in [0.5, 0.6) is 0 Å². The number of hydrogen-bond donors (Lipinski definition) is 0. The first-order valence-electron chi connectivity index (χ1n) is 11.1. The molecule has 2 aliphatic heterocycles. The maximum atomic E-state index is 13.0. The summed E-state index contributed by atoms with van der Waals surface area (Å²) in [6.07, 6.45) is 5.26. The molecule has 158 valence electrons. The van der Waals surface area contributed by atoms with Gasteiger partial charge in [-0.2, -0.15) is 0 Å².